The summed E-state index contributed by atoms with van der Waals surface area (Å²) in [5, 5.41) is 0. The van der Waals surface area contributed by atoms with E-state index in [1.807, 2.05) is 0 Å². The number of para-hydroxylation sites is 2. The van der Waals surface area contributed by atoms with E-state index in [0.717, 1.165) is 0 Å². The molecule has 0 spiro atoms. The minimum absolute atomic E-state index is 0.0269. The second kappa shape index (κ2) is 34.4. The van der Waals surface area contributed by atoms with E-state index in [2.05, 4.69) is 156 Å². The van der Waals surface area contributed by atoms with Gasteiger partial charge in [-0.05, 0) is 58.2 Å². The van der Waals surface area contributed by atoms with Crippen LogP contribution in [0.3, 0.4) is 0 Å². The second-order valence-corrected chi connectivity index (χ2v) is 22.7. The molecule has 2 aliphatic rings. The Morgan fingerprint density at radius 1 is 0.486 bits per heavy atom. The Morgan fingerprint density at radius 3 is 1.36 bits per heavy atom. The molecule has 2 aromatic rings. The number of nitrogens with zero attached hydrogens (tertiary/aromatic N) is 2. The minimum Gasteiger partial charge on any atom is -0.341 e. The van der Waals surface area contributed by atoms with Crippen molar-refractivity contribution in [3.8, 4) is 0 Å². The number of hydrogen-bond acceptors (Lipinski definition) is 5. The van der Waals surface area contributed by atoms with Crippen molar-refractivity contribution in [3.05, 3.63) is 108 Å². The largest absolute Gasteiger partial charge is 0.341 e. The van der Waals surface area contributed by atoms with Crippen molar-refractivity contribution >= 4 is 17.1 Å². The van der Waals surface area contributed by atoms with Gasteiger partial charge < -0.3 is 4.90 Å². The Morgan fingerprint density at radius 2 is 0.871 bits per heavy atom. The lowest BCUT2D eigenvalue weighted by Gasteiger charge is -2.32. The molecule has 0 saturated carbocycles. The molecule has 0 saturated heterocycles. The van der Waals surface area contributed by atoms with Crippen molar-refractivity contribution in [1.29, 1.82) is 0 Å². The van der Waals surface area contributed by atoms with Crippen molar-refractivity contribution in [2.24, 2.45) is 0 Å². The van der Waals surface area contributed by atoms with Crippen molar-refractivity contribution in [3.63, 3.8) is 0 Å². The SMILES string of the molecule is CCCCCCCCCCCCCCCCC(C)N1/C(=C/C=C/C=C/C=C/C2=[N+](C(C)CCCCCCCCCCCCCCCC)c3ccccc3C2(C)C)C(C)(C)c2ccccc21.[O-][Cl+3]([O-])([O-])[O-]. The Bertz CT molecular complexity index is 1860. The van der Waals surface area contributed by atoms with E-state index < -0.39 is 10.2 Å². The fourth-order valence-electron chi connectivity index (χ4n) is 11.1. The fraction of sp³-hybridized carbons (Fsp3) is 0.667. The van der Waals surface area contributed by atoms with E-state index in [9.17, 15) is 0 Å². The van der Waals surface area contributed by atoms with Crippen LogP contribution >= 0.6 is 0 Å². The van der Waals surface area contributed by atoms with Crippen LogP contribution in [0.15, 0.2) is 96.8 Å². The molecule has 2 aliphatic heterocycles. The number of benzene rings is 2. The minimum atomic E-state index is -4.94. The third-order valence-electron chi connectivity index (χ3n) is 15.3. The lowest BCUT2D eigenvalue weighted by Crippen LogP contribution is -2.68. The van der Waals surface area contributed by atoms with Gasteiger partial charge in [0.2, 0.25) is 5.69 Å². The van der Waals surface area contributed by atoms with Crippen molar-refractivity contribution in [1.82, 2.24) is 0 Å². The summed E-state index contributed by atoms with van der Waals surface area (Å²) >= 11 is 0. The molecule has 2 aromatic carbocycles. The van der Waals surface area contributed by atoms with Gasteiger partial charge in [0.1, 0.15) is 0 Å². The highest BCUT2D eigenvalue weighted by Crippen LogP contribution is 2.49. The highest BCUT2D eigenvalue weighted by Gasteiger charge is 2.45. The van der Waals surface area contributed by atoms with Gasteiger partial charge in [0.15, 0.2) is 11.8 Å². The number of halogens is 1. The third kappa shape index (κ3) is 22.4. The van der Waals surface area contributed by atoms with Crippen LogP contribution in [-0.4, -0.2) is 22.4 Å². The van der Waals surface area contributed by atoms with Crippen LogP contribution in [0.1, 0.15) is 259 Å². The lowest BCUT2D eigenvalue weighted by molar-refractivity contribution is -2.00. The van der Waals surface area contributed by atoms with Crippen LogP contribution in [0, 0.1) is 10.2 Å². The first-order valence-electron chi connectivity index (χ1n) is 28.6. The van der Waals surface area contributed by atoms with Crippen LogP contribution in [0.5, 0.6) is 0 Å². The van der Waals surface area contributed by atoms with Gasteiger partial charge in [-0.1, -0.05) is 268 Å². The molecule has 0 bridgehead atoms. The summed E-state index contributed by atoms with van der Waals surface area (Å²) in [6.45, 7) is 19.2. The van der Waals surface area contributed by atoms with Gasteiger partial charge in [-0.25, -0.2) is 18.6 Å². The number of unbranched alkanes of at least 4 members (excludes halogenated alkanes) is 26. The first-order valence-corrected chi connectivity index (χ1v) is 29.9. The molecule has 0 aliphatic carbocycles. The summed E-state index contributed by atoms with van der Waals surface area (Å²) in [7, 11) is -4.94. The molecular weight excluding hydrogens is 884 g/mol. The average Bonchev–Trinajstić information content (AvgIpc) is 3.69. The maximum Gasteiger partial charge on any atom is 0.209 e. The molecule has 0 aromatic heterocycles. The normalized spacial score (nSPS) is 16.7. The van der Waals surface area contributed by atoms with E-state index in [1.165, 1.54) is 227 Å². The van der Waals surface area contributed by atoms with Crippen molar-refractivity contribution < 1.29 is 33.5 Å². The Balaban J connectivity index is 0.00000246. The molecule has 6 nitrogen and oxygen atoms in total. The molecule has 4 rings (SSSR count). The standard InChI is InChI=1S/C63H101N2.ClHO4/c1-9-11-13-15-17-19-21-23-25-27-29-31-34-38-46-54(3)64-58-50-44-42-48-56(58)62(5,6)60(64)52-40-36-33-37-41-53-61-63(7,8)57-49-43-45-51-59(57)65(61)55(4)47-39-35-32-30-28-26-24-22-20-18-16-14-12-10-2;2-1(3,4)5/h33,36-37,40-45,48-55H,9-32,34-35,38-39,46-47H2,1-8H3;(H,2,3,4,5)/q+1;/p-1. The summed E-state index contributed by atoms with van der Waals surface area (Å²) in [6, 6.07) is 19.2. The Kier molecular flexibility index (Phi) is 30.1. The fourth-order valence-corrected chi connectivity index (χ4v) is 11.1. The quantitative estimate of drug-likeness (QED) is 0.0385. The van der Waals surface area contributed by atoms with Gasteiger partial charge in [-0.3, -0.25) is 0 Å². The number of anilines is 1. The molecular formula is C63H101ClN2O4. The maximum atomic E-state index is 8.49. The summed E-state index contributed by atoms with van der Waals surface area (Å²) in [5.41, 5.74) is 8.48. The second-order valence-electron chi connectivity index (χ2n) is 21.9. The molecule has 2 atom stereocenters. The van der Waals surface area contributed by atoms with Gasteiger partial charge in [0.25, 0.3) is 0 Å². The van der Waals surface area contributed by atoms with Crippen LogP contribution < -0.4 is 23.5 Å². The number of fused-ring (bicyclic) bond motifs is 2. The zero-order chi connectivity index (χ0) is 51.1. The molecule has 2 unspecified atom stereocenters. The first-order chi connectivity index (χ1) is 33.7. The van der Waals surface area contributed by atoms with Gasteiger partial charge in [0.05, 0.1) is 5.41 Å². The summed E-state index contributed by atoms with van der Waals surface area (Å²) < 4.78 is 36.6. The van der Waals surface area contributed by atoms with Crippen molar-refractivity contribution in [2.45, 2.75) is 271 Å². The highest BCUT2D eigenvalue weighted by molar-refractivity contribution is 6.03. The molecule has 7 heteroatoms. The molecule has 0 amide bonds. The molecule has 0 radical (unpaired) electrons. The van der Waals surface area contributed by atoms with Gasteiger partial charge in [-0.15, -0.1) is 10.2 Å². The van der Waals surface area contributed by atoms with Gasteiger partial charge in [0, 0.05) is 47.0 Å². The monoisotopic (exact) mass is 985 g/mol. The Labute approximate surface area is 432 Å². The molecule has 2 heterocycles. The predicted molar refractivity (Wildman–Crippen MR) is 291 cm³/mol. The zero-order valence-electron chi connectivity index (χ0n) is 45.9. The number of allylic oxidation sites excluding steroid dienone is 8. The van der Waals surface area contributed by atoms with E-state index >= 15 is 0 Å². The van der Waals surface area contributed by atoms with Gasteiger partial charge in [-0.2, -0.15) is 4.58 Å². The summed E-state index contributed by atoms with van der Waals surface area (Å²) in [5.74, 6) is 0. The topological polar surface area (TPSA) is 98.5 Å². The van der Waals surface area contributed by atoms with Gasteiger partial charge >= 0.3 is 0 Å². The smallest absolute Gasteiger partial charge is 0.209 e. The maximum absolute atomic E-state index is 8.49. The van der Waals surface area contributed by atoms with E-state index in [1.54, 1.807) is 0 Å². The van der Waals surface area contributed by atoms with E-state index in [4.69, 9.17) is 18.6 Å². The van der Waals surface area contributed by atoms with E-state index in [0.29, 0.717) is 12.1 Å². The van der Waals surface area contributed by atoms with Crippen LogP contribution in [0.25, 0.3) is 0 Å². The molecule has 70 heavy (non-hydrogen) atoms. The molecule has 0 fully saturated rings. The van der Waals surface area contributed by atoms with Crippen LogP contribution in [0.2, 0.25) is 0 Å². The van der Waals surface area contributed by atoms with E-state index in [-0.39, 0.29) is 10.8 Å². The predicted octanol–water partition coefficient (Wildman–Crippen LogP) is 15.2. The first kappa shape index (κ1) is 61.3. The van der Waals surface area contributed by atoms with Crippen LogP contribution in [-0.2, 0) is 10.8 Å². The lowest BCUT2D eigenvalue weighted by atomic mass is 9.81. The highest BCUT2D eigenvalue weighted by atomic mass is 35.7. The summed E-state index contributed by atoms with van der Waals surface area (Å²) in [6.07, 6.45) is 58.0. The van der Waals surface area contributed by atoms with Crippen molar-refractivity contribution in [2.75, 3.05) is 4.90 Å². The molecule has 0 N–H and O–H groups in total. The Hall–Kier alpha value is -3.00. The number of hydrogen-bond donors (Lipinski definition) is 0. The summed E-state index contributed by atoms with van der Waals surface area (Å²) in [4.78, 5) is 2.66. The third-order valence-corrected chi connectivity index (χ3v) is 15.3. The zero-order valence-corrected chi connectivity index (χ0v) is 46.7. The average molecular weight is 986 g/mol. The van der Waals surface area contributed by atoms with Crippen LogP contribution in [0.4, 0.5) is 11.4 Å². The number of rotatable bonds is 36. The molecule has 394 valence electrons.